The van der Waals surface area contributed by atoms with Crippen molar-refractivity contribution in [1.82, 2.24) is 9.78 Å². The molecule has 0 aliphatic carbocycles. The summed E-state index contributed by atoms with van der Waals surface area (Å²) in [6, 6.07) is 12.9. The zero-order chi connectivity index (χ0) is 19.6. The van der Waals surface area contributed by atoms with Crippen LogP contribution in [0.2, 0.25) is 10.0 Å². The third-order valence-electron chi connectivity index (χ3n) is 3.78. The van der Waals surface area contributed by atoms with Gasteiger partial charge in [0, 0.05) is 16.8 Å². The van der Waals surface area contributed by atoms with Crippen molar-refractivity contribution in [3.8, 4) is 5.69 Å². The van der Waals surface area contributed by atoms with Crippen molar-refractivity contribution in [3.05, 3.63) is 86.3 Å². The minimum atomic E-state index is -0.553. The van der Waals surface area contributed by atoms with Gasteiger partial charge in [-0.2, -0.15) is 9.78 Å². The number of carbonyl (C=O) groups is 2. The molecule has 0 saturated carbocycles. The van der Waals surface area contributed by atoms with Gasteiger partial charge in [-0.15, -0.1) is 0 Å². The van der Waals surface area contributed by atoms with E-state index in [4.69, 9.17) is 23.2 Å². The molecule has 0 unspecified atom stereocenters. The molecule has 0 saturated heterocycles. The van der Waals surface area contributed by atoms with Crippen LogP contribution in [0.3, 0.4) is 0 Å². The number of nitrogens with one attached hydrogen (secondary N) is 1. The van der Waals surface area contributed by atoms with Gasteiger partial charge in [0.05, 0.1) is 16.9 Å². The zero-order valence-electron chi connectivity index (χ0n) is 14.1. The summed E-state index contributed by atoms with van der Waals surface area (Å²) < 4.78 is 1.09. The van der Waals surface area contributed by atoms with Crippen molar-refractivity contribution < 1.29 is 9.59 Å². The van der Waals surface area contributed by atoms with Crippen molar-refractivity contribution in [2.45, 2.75) is 6.92 Å². The highest BCUT2D eigenvalue weighted by Gasteiger charge is 2.11. The SMILES string of the molecule is CC(=O)c1cccc(NC(=O)c2ccc(-n3ncc(Cl)c(Cl)c3=O)cc2)c1. The van der Waals surface area contributed by atoms with Gasteiger partial charge in [0.15, 0.2) is 5.78 Å². The van der Waals surface area contributed by atoms with E-state index in [-0.39, 0.29) is 21.7 Å². The van der Waals surface area contributed by atoms with E-state index in [0.717, 1.165) is 4.68 Å². The maximum absolute atomic E-state index is 12.4. The normalized spacial score (nSPS) is 10.5. The summed E-state index contributed by atoms with van der Waals surface area (Å²) in [4.78, 5) is 35.9. The lowest BCUT2D eigenvalue weighted by Crippen LogP contribution is -2.21. The average Bonchev–Trinajstić information content (AvgIpc) is 2.66. The van der Waals surface area contributed by atoms with Gasteiger partial charge in [-0.3, -0.25) is 14.4 Å². The monoisotopic (exact) mass is 401 g/mol. The molecule has 2 aromatic carbocycles. The minimum Gasteiger partial charge on any atom is -0.322 e. The number of anilines is 1. The van der Waals surface area contributed by atoms with Gasteiger partial charge >= 0.3 is 0 Å². The molecule has 8 heteroatoms. The highest BCUT2D eigenvalue weighted by molar-refractivity contribution is 6.41. The predicted octanol–water partition coefficient (Wildman–Crippen LogP) is 3.99. The molecular weight excluding hydrogens is 389 g/mol. The molecule has 0 spiro atoms. The summed E-state index contributed by atoms with van der Waals surface area (Å²) in [6.45, 7) is 1.46. The minimum absolute atomic E-state index is 0.0710. The number of Topliss-reactive ketones (excluding diaryl/α,β-unsaturated/α-hetero) is 1. The van der Waals surface area contributed by atoms with Gasteiger partial charge in [-0.05, 0) is 43.3 Å². The fourth-order valence-electron chi connectivity index (χ4n) is 2.37. The van der Waals surface area contributed by atoms with E-state index in [2.05, 4.69) is 10.4 Å². The van der Waals surface area contributed by atoms with Crippen LogP contribution >= 0.6 is 23.2 Å². The smallest absolute Gasteiger partial charge is 0.291 e. The molecule has 0 bridgehead atoms. The molecule has 1 heterocycles. The fraction of sp³-hybridized carbons (Fsp3) is 0.0526. The third-order valence-corrected chi connectivity index (χ3v) is 4.53. The lowest BCUT2D eigenvalue weighted by atomic mass is 10.1. The maximum atomic E-state index is 12.4. The summed E-state index contributed by atoms with van der Waals surface area (Å²) in [5, 5.41) is 6.60. The number of nitrogens with zero attached hydrogens (tertiary/aromatic N) is 2. The number of ketones is 1. The summed E-state index contributed by atoms with van der Waals surface area (Å²) in [6.07, 6.45) is 1.27. The standard InChI is InChI=1S/C19H13Cl2N3O3/c1-11(25)13-3-2-4-14(9-13)23-18(26)12-5-7-15(8-6-12)24-19(27)17(21)16(20)10-22-24/h2-10H,1H3,(H,23,26). The quantitative estimate of drug-likeness (QED) is 0.669. The molecule has 0 aliphatic rings. The maximum Gasteiger partial charge on any atom is 0.291 e. The summed E-state index contributed by atoms with van der Waals surface area (Å²) in [5.41, 5.74) is 1.28. The Balaban J connectivity index is 1.82. The first-order valence-corrected chi connectivity index (χ1v) is 8.58. The van der Waals surface area contributed by atoms with Crippen LogP contribution in [-0.4, -0.2) is 21.5 Å². The van der Waals surface area contributed by atoms with Gasteiger partial charge in [0.25, 0.3) is 11.5 Å². The third kappa shape index (κ3) is 4.07. The first kappa shape index (κ1) is 18.8. The second-order valence-electron chi connectivity index (χ2n) is 5.66. The molecule has 3 rings (SSSR count). The van der Waals surface area contributed by atoms with Crippen molar-refractivity contribution >= 4 is 40.6 Å². The van der Waals surface area contributed by atoms with Crippen LogP contribution in [0, 0.1) is 0 Å². The van der Waals surface area contributed by atoms with Crippen molar-refractivity contribution in [2.75, 3.05) is 5.32 Å². The number of rotatable bonds is 4. The van der Waals surface area contributed by atoms with E-state index in [0.29, 0.717) is 22.5 Å². The number of aromatic nitrogens is 2. The molecule has 136 valence electrons. The molecule has 0 radical (unpaired) electrons. The highest BCUT2D eigenvalue weighted by atomic mass is 35.5. The fourth-order valence-corrected chi connectivity index (χ4v) is 2.62. The molecule has 0 atom stereocenters. The molecular formula is C19H13Cl2N3O3. The van der Waals surface area contributed by atoms with Crippen molar-refractivity contribution in [3.63, 3.8) is 0 Å². The molecule has 0 aliphatic heterocycles. The van der Waals surface area contributed by atoms with E-state index in [1.54, 1.807) is 48.5 Å². The molecule has 1 N–H and O–H groups in total. The van der Waals surface area contributed by atoms with Crippen LogP contribution in [0.1, 0.15) is 27.6 Å². The lowest BCUT2D eigenvalue weighted by molar-refractivity contribution is 0.101. The van der Waals surface area contributed by atoms with Crippen molar-refractivity contribution in [2.24, 2.45) is 0 Å². The van der Waals surface area contributed by atoms with E-state index < -0.39 is 5.56 Å². The Labute approximate surface area is 164 Å². The van der Waals surface area contributed by atoms with Gasteiger partial charge in [0.1, 0.15) is 5.02 Å². The van der Waals surface area contributed by atoms with E-state index in [1.165, 1.54) is 13.1 Å². The van der Waals surface area contributed by atoms with Gasteiger partial charge in [0.2, 0.25) is 0 Å². The largest absolute Gasteiger partial charge is 0.322 e. The van der Waals surface area contributed by atoms with E-state index in [1.807, 2.05) is 0 Å². The zero-order valence-corrected chi connectivity index (χ0v) is 15.6. The number of hydrogen-bond donors (Lipinski definition) is 1. The predicted molar refractivity (Wildman–Crippen MR) is 104 cm³/mol. The summed E-state index contributed by atoms with van der Waals surface area (Å²) in [5.74, 6) is -0.438. The van der Waals surface area contributed by atoms with E-state index >= 15 is 0 Å². The van der Waals surface area contributed by atoms with Gasteiger partial charge < -0.3 is 5.32 Å². The first-order valence-electron chi connectivity index (χ1n) is 7.83. The lowest BCUT2D eigenvalue weighted by Gasteiger charge is -2.08. The molecule has 1 aromatic heterocycles. The molecule has 3 aromatic rings. The average molecular weight is 402 g/mol. The van der Waals surface area contributed by atoms with Crippen LogP contribution in [-0.2, 0) is 0 Å². The number of carbonyl (C=O) groups excluding carboxylic acids is 2. The Hall–Kier alpha value is -2.96. The number of benzene rings is 2. The van der Waals surface area contributed by atoms with Gasteiger partial charge in [-0.1, -0.05) is 35.3 Å². The molecule has 6 nitrogen and oxygen atoms in total. The number of halogens is 2. The Morgan fingerprint density at radius 2 is 1.74 bits per heavy atom. The molecule has 0 fully saturated rings. The topological polar surface area (TPSA) is 81.1 Å². The Morgan fingerprint density at radius 1 is 1.04 bits per heavy atom. The van der Waals surface area contributed by atoms with Crippen LogP contribution < -0.4 is 10.9 Å². The van der Waals surface area contributed by atoms with Crippen LogP contribution in [0.4, 0.5) is 5.69 Å². The Bertz CT molecular complexity index is 1090. The summed E-state index contributed by atoms with van der Waals surface area (Å²) >= 11 is 11.6. The van der Waals surface area contributed by atoms with Gasteiger partial charge in [-0.25, -0.2) is 0 Å². The van der Waals surface area contributed by atoms with E-state index in [9.17, 15) is 14.4 Å². The van der Waals surface area contributed by atoms with Crippen LogP contribution in [0.15, 0.2) is 59.5 Å². The van der Waals surface area contributed by atoms with Crippen molar-refractivity contribution in [1.29, 1.82) is 0 Å². The van der Waals surface area contributed by atoms with Crippen LogP contribution in [0.5, 0.6) is 0 Å². The Kier molecular flexibility index (Phi) is 5.39. The Morgan fingerprint density at radius 3 is 2.41 bits per heavy atom. The molecule has 27 heavy (non-hydrogen) atoms. The summed E-state index contributed by atoms with van der Waals surface area (Å²) in [7, 11) is 0. The molecule has 1 amide bonds. The second-order valence-corrected chi connectivity index (χ2v) is 6.45. The second kappa shape index (κ2) is 7.73. The van der Waals surface area contributed by atoms with Crippen LogP contribution in [0.25, 0.3) is 5.69 Å². The highest BCUT2D eigenvalue weighted by Crippen LogP contribution is 2.17. The first-order chi connectivity index (χ1) is 12.9. The number of hydrogen-bond acceptors (Lipinski definition) is 4. The number of amides is 1.